The first-order chi connectivity index (χ1) is 10.2. The number of alkyl halides is 4. The van der Waals surface area contributed by atoms with Crippen LogP contribution in [0.3, 0.4) is 0 Å². The van der Waals surface area contributed by atoms with Crippen molar-refractivity contribution in [2.24, 2.45) is 17.3 Å². The first-order valence-electron chi connectivity index (χ1n) is 7.17. The molecule has 1 aliphatic carbocycles. The van der Waals surface area contributed by atoms with Gasteiger partial charge in [0.15, 0.2) is 9.21 Å². The molecule has 1 aliphatic rings. The molecule has 0 aromatic heterocycles. The van der Waals surface area contributed by atoms with Crippen LogP contribution in [0.5, 0.6) is 0 Å². The summed E-state index contributed by atoms with van der Waals surface area (Å²) >= 11 is 23.6. The monoisotopic (exact) mass is 392 g/mol. The Morgan fingerprint density at radius 2 is 1.50 bits per heavy atom. The highest BCUT2D eigenvalue weighted by atomic mass is 35.6. The van der Waals surface area contributed by atoms with Crippen LogP contribution in [0.2, 0.25) is 0 Å². The predicted molar refractivity (Wildman–Crippen MR) is 87.5 cm³/mol. The van der Waals surface area contributed by atoms with Crippen LogP contribution < -0.4 is 0 Å². The van der Waals surface area contributed by atoms with Gasteiger partial charge in [0.1, 0.15) is 0 Å². The highest BCUT2D eigenvalue weighted by Gasteiger charge is 2.58. The van der Waals surface area contributed by atoms with Gasteiger partial charge in [-0.15, -0.1) is 11.6 Å². The third-order valence-corrected chi connectivity index (χ3v) is 4.77. The van der Waals surface area contributed by atoms with E-state index in [-0.39, 0.29) is 50.2 Å². The number of hydrogen-bond donors (Lipinski definition) is 0. The third-order valence-electron chi connectivity index (χ3n) is 3.91. The molecule has 0 spiro atoms. The van der Waals surface area contributed by atoms with E-state index in [4.69, 9.17) is 55.9 Å². The molecule has 0 aliphatic heterocycles. The Morgan fingerprint density at radius 1 is 1.05 bits per heavy atom. The van der Waals surface area contributed by atoms with E-state index >= 15 is 0 Å². The Morgan fingerprint density at radius 3 is 1.86 bits per heavy atom. The normalized spacial score (nSPS) is 24.1. The van der Waals surface area contributed by atoms with E-state index in [9.17, 15) is 9.59 Å². The van der Waals surface area contributed by atoms with Gasteiger partial charge in [0.05, 0.1) is 13.2 Å². The second kappa shape index (κ2) is 8.27. The summed E-state index contributed by atoms with van der Waals surface area (Å²) < 4.78 is 8.71. The molecule has 0 N–H and O–H groups in total. The van der Waals surface area contributed by atoms with Crippen molar-refractivity contribution in [3.8, 4) is 0 Å². The largest absolute Gasteiger partial charge is 0.465 e. The molecule has 0 heterocycles. The van der Waals surface area contributed by atoms with Gasteiger partial charge in [0.25, 0.3) is 0 Å². The number of hydrogen-bond acceptors (Lipinski definition) is 4. The Balaban J connectivity index is 3.07. The minimum absolute atomic E-state index is 0.119. The molecule has 1 fully saturated rings. The average molecular weight is 394 g/mol. The third kappa shape index (κ3) is 4.80. The molecule has 128 valence electrons. The molecular formula is C14H20Cl4O4. The number of halogens is 4. The fourth-order valence-electron chi connectivity index (χ4n) is 2.98. The number of carbonyl (C=O) groups is 2. The van der Waals surface area contributed by atoms with E-state index in [1.165, 1.54) is 0 Å². The Hall–Kier alpha value is 0.1000. The van der Waals surface area contributed by atoms with Crippen LogP contribution >= 0.6 is 46.4 Å². The van der Waals surface area contributed by atoms with E-state index in [2.05, 4.69) is 0 Å². The first kappa shape index (κ1) is 20.1. The molecule has 2 atom stereocenters. The van der Waals surface area contributed by atoms with Crippen molar-refractivity contribution in [2.75, 3.05) is 19.1 Å². The fraction of sp³-hybridized carbons (Fsp3) is 0.857. The second-order valence-corrected chi connectivity index (χ2v) is 8.25. The van der Waals surface area contributed by atoms with Gasteiger partial charge >= 0.3 is 11.9 Å². The summed E-state index contributed by atoms with van der Waals surface area (Å²) in [4.78, 5) is 24.8. The van der Waals surface area contributed by atoms with Crippen LogP contribution in [-0.4, -0.2) is 34.8 Å². The Labute approximate surface area is 150 Å². The standard InChI is InChI=1S/C14H20Cl4O4/c1-3-21-11(19)13(12(20)22-4-2)5-9(7-14(16,17)18)10(6-13)8-15/h9-10H,3-8H2,1-2H3. The molecule has 22 heavy (non-hydrogen) atoms. The molecule has 0 amide bonds. The molecule has 4 nitrogen and oxygen atoms in total. The van der Waals surface area contributed by atoms with Crippen LogP contribution in [-0.2, 0) is 19.1 Å². The predicted octanol–water partition coefficient (Wildman–Crippen LogP) is 4.12. The van der Waals surface area contributed by atoms with Crippen LogP contribution in [0.4, 0.5) is 0 Å². The summed E-state index contributed by atoms with van der Waals surface area (Å²) in [6, 6.07) is 0. The quantitative estimate of drug-likeness (QED) is 0.386. The van der Waals surface area contributed by atoms with Crippen molar-refractivity contribution < 1.29 is 19.1 Å². The summed E-state index contributed by atoms with van der Waals surface area (Å²) in [5.74, 6) is -1.19. The summed E-state index contributed by atoms with van der Waals surface area (Å²) in [6.07, 6.45) is 0.686. The molecule has 0 bridgehead atoms. The molecule has 0 aromatic carbocycles. The lowest BCUT2D eigenvalue weighted by Gasteiger charge is -2.25. The highest BCUT2D eigenvalue weighted by Crippen LogP contribution is 2.52. The van der Waals surface area contributed by atoms with Gasteiger partial charge in [-0.2, -0.15) is 0 Å². The van der Waals surface area contributed by atoms with Gasteiger partial charge in [-0.3, -0.25) is 9.59 Å². The smallest absolute Gasteiger partial charge is 0.323 e. The van der Waals surface area contributed by atoms with Gasteiger partial charge in [0, 0.05) is 5.88 Å². The van der Waals surface area contributed by atoms with Crippen molar-refractivity contribution in [3.05, 3.63) is 0 Å². The molecule has 0 radical (unpaired) electrons. The van der Waals surface area contributed by atoms with Crippen LogP contribution in [0.15, 0.2) is 0 Å². The Kier molecular flexibility index (Phi) is 7.58. The lowest BCUT2D eigenvalue weighted by atomic mass is 9.84. The van der Waals surface area contributed by atoms with Gasteiger partial charge in [-0.1, -0.05) is 34.8 Å². The van der Waals surface area contributed by atoms with E-state index in [1.54, 1.807) is 13.8 Å². The summed E-state index contributed by atoms with van der Waals surface area (Å²) in [5, 5.41) is 0. The fourth-order valence-corrected chi connectivity index (χ4v) is 3.94. The van der Waals surface area contributed by atoms with Gasteiger partial charge in [-0.05, 0) is 44.9 Å². The molecule has 2 unspecified atom stereocenters. The molecule has 1 saturated carbocycles. The van der Waals surface area contributed by atoms with Gasteiger partial charge < -0.3 is 9.47 Å². The maximum Gasteiger partial charge on any atom is 0.323 e. The zero-order chi connectivity index (χ0) is 17.0. The average Bonchev–Trinajstić information content (AvgIpc) is 2.77. The number of carbonyl (C=O) groups excluding carboxylic acids is 2. The van der Waals surface area contributed by atoms with Crippen LogP contribution in [0.1, 0.15) is 33.1 Å². The minimum Gasteiger partial charge on any atom is -0.465 e. The molecule has 1 rings (SSSR count). The van der Waals surface area contributed by atoms with Crippen molar-refractivity contribution in [3.63, 3.8) is 0 Å². The zero-order valence-corrected chi connectivity index (χ0v) is 15.6. The molecule has 0 saturated heterocycles. The molecule has 0 aromatic rings. The SMILES string of the molecule is CCOC(=O)C1(C(=O)OCC)CC(CCl)C(CC(Cl)(Cl)Cl)C1. The number of esters is 2. The lowest BCUT2D eigenvalue weighted by Crippen LogP contribution is -2.40. The maximum absolute atomic E-state index is 12.4. The van der Waals surface area contributed by atoms with Crippen molar-refractivity contribution in [1.82, 2.24) is 0 Å². The van der Waals surface area contributed by atoms with Gasteiger partial charge in [-0.25, -0.2) is 0 Å². The summed E-state index contributed by atoms with van der Waals surface area (Å²) in [5.41, 5.74) is -1.36. The van der Waals surface area contributed by atoms with E-state index in [1.807, 2.05) is 0 Å². The lowest BCUT2D eigenvalue weighted by molar-refractivity contribution is -0.172. The Bertz CT molecular complexity index is 390. The van der Waals surface area contributed by atoms with E-state index in [0.29, 0.717) is 0 Å². The maximum atomic E-state index is 12.4. The molecule has 8 heteroatoms. The van der Waals surface area contributed by atoms with E-state index < -0.39 is 21.1 Å². The van der Waals surface area contributed by atoms with E-state index in [0.717, 1.165) is 0 Å². The van der Waals surface area contributed by atoms with Crippen LogP contribution in [0.25, 0.3) is 0 Å². The zero-order valence-electron chi connectivity index (χ0n) is 12.5. The topological polar surface area (TPSA) is 52.6 Å². The van der Waals surface area contributed by atoms with Crippen molar-refractivity contribution in [1.29, 1.82) is 0 Å². The highest BCUT2D eigenvalue weighted by molar-refractivity contribution is 6.67. The second-order valence-electron chi connectivity index (χ2n) is 5.43. The minimum atomic E-state index is -1.46. The summed E-state index contributed by atoms with van der Waals surface area (Å²) in [7, 11) is 0. The van der Waals surface area contributed by atoms with Crippen molar-refractivity contribution in [2.45, 2.75) is 36.9 Å². The van der Waals surface area contributed by atoms with Crippen LogP contribution in [0, 0.1) is 17.3 Å². The first-order valence-corrected chi connectivity index (χ1v) is 8.84. The number of ether oxygens (including phenoxy) is 2. The number of rotatable bonds is 6. The molecular weight excluding hydrogens is 374 g/mol. The van der Waals surface area contributed by atoms with Crippen molar-refractivity contribution >= 4 is 58.3 Å². The summed E-state index contributed by atoms with van der Waals surface area (Å²) in [6.45, 7) is 3.73. The van der Waals surface area contributed by atoms with Gasteiger partial charge in [0.2, 0.25) is 0 Å².